The third-order valence-corrected chi connectivity index (χ3v) is 2.99. The highest BCUT2D eigenvalue weighted by Gasteiger charge is 2.19. The SMILES string of the molecule is CC=CC(C)C(c1cccc(OC)c1)N(C)C. The molecule has 0 N–H and O–H groups in total. The van der Waals surface area contributed by atoms with Crippen LogP contribution in [0.1, 0.15) is 25.5 Å². The van der Waals surface area contributed by atoms with Gasteiger partial charge in [0.15, 0.2) is 0 Å². The molecule has 1 aromatic rings. The molecule has 0 radical (unpaired) electrons. The summed E-state index contributed by atoms with van der Waals surface area (Å²) in [6, 6.07) is 8.68. The number of ether oxygens (including phenoxy) is 1. The Balaban J connectivity index is 3.04. The molecular formula is C15H23NO. The predicted octanol–water partition coefficient (Wildman–Crippen LogP) is 3.51. The molecule has 0 saturated heterocycles. The van der Waals surface area contributed by atoms with Crippen molar-refractivity contribution in [1.29, 1.82) is 0 Å². The molecule has 0 aliphatic rings. The molecule has 94 valence electrons. The van der Waals surface area contributed by atoms with Crippen molar-refractivity contribution in [1.82, 2.24) is 4.90 Å². The van der Waals surface area contributed by atoms with Gasteiger partial charge in [-0.15, -0.1) is 0 Å². The Morgan fingerprint density at radius 3 is 2.53 bits per heavy atom. The third-order valence-electron chi connectivity index (χ3n) is 2.99. The molecule has 0 aromatic heterocycles. The molecule has 0 fully saturated rings. The molecule has 0 aliphatic carbocycles. The van der Waals surface area contributed by atoms with Gasteiger partial charge in [-0.2, -0.15) is 0 Å². The molecule has 1 rings (SSSR count). The molecule has 17 heavy (non-hydrogen) atoms. The van der Waals surface area contributed by atoms with Gasteiger partial charge in [0, 0.05) is 6.04 Å². The first-order valence-electron chi connectivity index (χ1n) is 6.03. The summed E-state index contributed by atoms with van der Waals surface area (Å²) in [5.41, 5.74) is 1.29. The van der Waals surface area contributed by atoms with Crippen LogP contribution in [0.3, 0.4) is 0 Å². The van der Waals surface area contributed by atoms with Gasteiger partial charge in [0.25, 0.3) is 0 Å². The molecule has 0 spiro atoms. The molecule has 2 nitrogen and oxygen atoms in total. The number of hydrogen-bond donors (Lipinski definition) is 0. The van der Waals surface area contributed by atoms with Crippen LogP contribution < -0.4 is 4.74 Å². The van der Waals surface area contributed by atoms with Crippen molar-refractivity contribution >= 4 is 0 Å². The number of benzene rings is 1. The Labute approximate surface area is 105 Å². The van der Waals surface area contributed by atoms with Crippen molar-refractivity contribution in [2.75, 3.05) is 21.2 Å². The summed E-state index contributed by atoms with van der Waals surface area (Å²) in [6.07, 6.45) is 4.35. The largest absolute Gasteiger partial charge is 0.497 e. The van der Waals surface area contributed by atoms with Crippen LogP contribution in [0.2, 0.25) is 0 Å². The summed E-state index contributed by atoms with van der Waals surface area (Å²) in [4.78, 5) is 2.25. The summed E-state index contributed by atoms with van der Waals surface area (Å²) in [5.74, 6) is 1.39. The van der Waals surface area contributed by atoms with Gasteiger partial charge in [0.2, 0.25) is 0 Å². The molecule has 2 unspecified atom stereocenters. The first-order valence-corrected chi connectivity index (χ1v) is 6.03. The normalized spacial score (nSPS) is 15.2. The smallest absolute Gasteiger partial charge is 0.119 e. The van der Waals surface area contributed by atoms with Gasteiger partial charge in [0.1, 0.15) is 5.75 Å². The van der Waals surface area contributed by atoms with E-state index in [0.29, 0.717) is 12.0 Å². The van der Waals surface area contributed by atoms with Crippen LogP contribution in [0, 0.1) is 5.92 Å². The van der Waals surface area contributed by atoms with E-state index in [4.69, 9.17) is 4.74 Å². The van der Waals surface area contributed by atoms with Gasteiger partial charge in [0.05, 0.1) is 7.11 Å². The standard InChI is InChI=1S/C15H23NO/c1-6-8-12(2)15(16(3)4)13-9-7-10-14(11-13)17-5/h6-12,15H,1-5H3. The zero-order chi connectivity index (χ0) is 12.8. The lowest BCUT2D eigenvalue weighted by atomic mass is 9.93. The summed E-state index contributed by atoms with van der Waals surface area (Å²) in [7, 11) is 5.94. The number of allylic oxidation sites excluding steroid dienone is 1. The Bertz CT molecular complexity index is 371. The minimum atomic E-state index is 0.376. The second-order valence-electron chi connectivity index (χ2n) is 4.57. The molecular weight excluding hydrogens is 210 g/mol. The van der Waals surface area contributed by atoms with Crippen LogP contribution in [-0.4, -0.2) is 26.1 Å². The Morgan fingerprint density at radius 2 is 2.00 bits per heavy atom. The average molecular weight is 233 g/mol. The maximum Gasteiger partial charge on any atom is 0.119 e. The average Bonchev–Trinajstić information content (AvgIpc) is 2.29. The molecule has 0 aliphatic heterocycles. The zero-order valence-electron chi connectivity index (χ0n) is 11.5. The highest BCUT2D eigenvalue weighted by molar-refractivity contribution is 5.31. The molecule has 1 aromatic carbocycles. The fourth-order valence-corrected chi connectivity index (χ4v) is 2.31. The molecule has 0 saturated carbocycles. The van der Waals surface area contributed by atoms with Gasteiger partial charge in [-0.1, -0.05) is 31.2 Å². The van der Waals surface area contributed by atoms with E-state index in [2.05, 4.69) is 57.1 Å². The highest BCUT2D eigenvalue weighted by atomic mass is 16.5. The number of hydrogen-bond acceptors (Lipinski definition) is 2. The van der Waals surface area contributed by atoms with Crippen molar-refractivity contribution in [2.45, 2.75) is 19.9 Å². The van der Waals surface area contributed by atoms with Crippen LogP contribution in [0.25, 0.3) is 0 Å². The minimum absolute atomic E-state index is 0.376. The van der Waals surface area contributed by atoms with E-state index in [0.717, 1.165) is 5.75 Å². The highest BCUT2D eigenvalue weighted by Crippen LogP contribution is 2.29. The van der Waals surface area contributed by atoms with E-state index in [1.807, 2.05) is 12.1 Å². The van der Waals surface area contributed by atoms with E-state index in [1.165, 1.54) is 5.56 Å². The van der Waals surface area contributed by atoms with Crippen molar-refractivity contribution in [3.8, 4) is 5.75 Å². The maximum atomic E-state index is 5.29. The molecule has 2 heteroatoms. The molecule has 0 amide bonds. The van der Waals surface area contributed by atoms with Gasteiger partial charge in [-0.25, -0.2) is 0 Å². The minimum Gasteiger partial charge on any atom is -0.497 e. The van der Waals surface area contributed by atoms with Crippen molar-refractivity contribution in [3.05, 3.63) is 42.0 Å². The maximum absolute atomic E-state index is 5.29. The number of nitrogens with zero attached hydrogens (tertiary/aromatic N) is 1. The van der Waals surface area contributed by atoms with Crippen molar-refractivity contribution in [2.24, 2.45) is 5.92 Å². The van der Waals surface area contributed by atoms with E-state index >= 15 is 0 Å². The summed E-state index contributed by atoms with van der Waals surface area (Å²) < 4.78 is 5.29. The van der Waals surface area contributed by atoms with Crippen LogP contribution >= 0.6 is 0 Å². The van der Waals surface area contributed by atoms with Gasteiger partial charge < -0.3 is 9.64 Å². The van der Waals surface area contributed by atoms with Crippen LogP contribution in [0.5, 0.6) is 5.75 Å². The van der Waals surface area contributed by atoms with Crippen LogP contribution in [0.15, 0.2) is 36.4 Å². The summed E-state index contributed by atoms with van der Waals surface area (Å²) in [5, 5.41) is 0. The lowest BCUT2D eigenvalue weighted by molar-refractivity contribution is 0.251. The zero-order valence-corrected chi connectivity index (χ0v) is 11.5. The monoisotopic (exact) mass is 233 g/mol. The third kappa shape index (κ3) is 3.60. The van der Waals surface area contributed by atoms with E-state index in [9.17, 15) is 0 Å². The molecule has 0 heterocycles. The number of rotatable bonds is 5. The molecule has 2 atom stereocenters. The second kappa shape index (κ2) is 6.45. The first kappa shape index (κ1) is 13.8. The Morgan fingerprint density at radius 1 is 1.29 bits per heavy atom. The Kier molecular flexibility index (Phi) is 5.23. The number of methoxy groups -OCH3 is 1. The predicted molar refractivity (Wildman–Crippen MR) is 73.4 cm³/mol. The van der Waals surface area contributed by atoms with Gasteiger partial charge in [-0.3, -0.25) is 0 Å². The topological polar surface area (TPSA) is 12.5 Å². The molecule has 0 bridgehead atoms. The Hall–Kier alpha value is -1.28. The lowest BCUT2D eigenvalue weighted by Crippen LogP contribution is -2.25. The van der Waals surface area contributed by atoms with Crippen LogP contribution in [-0.2, 0) is 0 Å². The second-order valence-corrected chi connectivity index (χ2v) is 4.57. The van der Waals surface area contributed by atoms with Crippen molar-refractivity contribution < 1.29 is 4.74 Å². The van der Waals surface area contributed by atoms with E-state index in [1.54, 1.807) is 7.11 Å². The first-order chi connectivity index (χ1) is 8.10. The summed E-state index contributed by atoms with van der Waals surface area (Å²) in [6.45, 7) is 4.30. The summed E-state index contributed by atoms with van der Waals surface area (Å²) >= 11 is 0. The quantitative estimate of drug-likeness (QED) is 0.722. The fraction of sp³-hybridized carbons (Fsp3) is 0.467. The lowest BCUT2D eigenvalue weighted by Gasteiger charge is -2.29. The van der Waals surface area contributed by atoms with Gasteiger partial charge >= 0.3 is 0 Å². The van der Waals surface area contributed by atoms with E-state index < -0.39 is 0 Å². The van der Waals surface area contributed by atoms with Gasteiger partial charge in [-0.05, 0) is 44.6 Å². The fourth-order valence-electron chi connectivity index (χ4n) is 2.31. The van der Waals surface area contributed by atoms with Crippen molar-refractivity contribution in [3.63, 3.8) is 0 Å². The van der Waals surface area contributed by atoms with Crippen LogP contribution in [0.4, 0.5) is 0 Å². The van der Waals surface area contributed by atoms with E-state index in [-0.39, 0.29) is 0 Å².